The number of benzene rings is 2. The number of methoxy groups -OCH3 is 1. The first-order valence-electron chi connectivity index (χ1n) is 8.63. The highest BCUT2D eigenvalue weighted by Crippen LogP contribution is 2.38. The van der Waals surface area contributed by atoms with Crippen molar-refractivity contribution in [1.29, 1.82) is 0 Å². The molecule has 0 aliphatic carbocycles. The number of hydrogen-bond donors (Lipinski definition) is 1. The van der Waals surface area contributed by atoms with Gasteiger partial charge in [0.2, 0.25) is 0 Å². The summed E-state index contributed by atoms with van der Waals surface area (Å²) in [6.45, 7) is 0. The van der Waals surface area contributed by atoms with Crippen LogP contribution >= 0.6 is 22.9 Å². The number of carbonyl (C=O) groups is 2. The third kappa shape index (κ3) is 3.44. The molecular weight excluding hydrogens is 434 g/mol. The first kappa shape index (κ1) is 20.1. The molecule has 0 unspecified atom stereocenters. The topological polar surface area (TPSA) is 58.6 Å². The average molecular weight is 447 g/mol. The standard InChI is InChI=1S/C21H13ClF2N2O3S/c1-29-16-7-4-11(22)9-14(16)25-19-18(17-3-2-8-30-17)20(27)26(21(19)28)15-10-12(23)5-6-13(15)24/h2-10,25H,1H3. The third-order valence-corrected chi connectivity index (χ3v) is 5.54. The van der Waals surface area contributed by atoms with Gasteiger partial charge in [-0.1, -0.05) is 17.7 Å². The molecule has 0 atom stereocenters. The van der Waals surface area contributed by atoms with Crippen molar-refractivity contribution < 1.29 is 23.1 Å². The van der Waals surface area contributed by atoms with E-state index in [0.717, 1.165) is 18.2 Å². The van der Waals surface area contributed by atoms with Gasteiger partial charge in [0.25, 0.3) is 11.8 Å². The van der Waals surface area contributed by atoms with E-state index in [9.17, 15) is 18.4 Å². The van der Waals surface area contributed by atoms with E-state index < -0.39 is 29.1 Å². The molecule has 152 valence electrons. The minimum atomic E-state index is -0.898. The Morgan fingerprint density at radius 3 is 2.57 bits per heavy atom. The highest BCUT2D eigenvalue weighted by Gasteiger charge is 2.42. The molecule has 0 saturated heterocycles. The molecule has 2 heterocycles. The summed E-state index contributed by atoms with van der Waals surface area (Å²) in [7, 11) is 1.44. The van der Waals surface area contributed by atoms with Crippen molar-refractivity contribution in [2.24, 2.45) is 0 Å². The molecule has 0 fully saturated rings. The van der Waals surface area contributed by atoms with Crippen LogP contribution in [0, 0.1) is 11.6 Å². The monoisotopic (exact) mass is 446 g/mol. The number of hydrogen-bond acceptors (Lipinski definition) is 5. The van der Waals surface area contributed by atoms with E-state index in [1.807, 2.05) is 0 Å². The molecule has 1 N–H and O–H groups in total. The minimum Gasteiger partial charge on any atom is -0.495 e. The lowest BCUT2D eigenvalue weighted by atomic mass is 10.1. The fourth-order valence-corrected chi connectivity index (χ4v) is 4.02. The van der Waals surface area contributed by atoms with Crippen LogP contribution < -0.4 is 15.0 Å². The first-order chi connectivity index (χ1) is 14.4. The molecule has 4 rings (SSSR count). The van der Waals surface area contributed by atoms with Crippen molar-refractivity contribution in [3.05, 3.63) is 81.1 Å². The van der Waals surface area contributed by atoms with E-state index in [1.165, 1.54) is 24.5 Å². The van der Waals surface area contributed by atoms with E-state index in [1.54, 1.807) is 29.6 Å². The molecular formula is C21H13ClF2N2O3S. The molecule has 30 heavy (non-hydrogen) atoms. The van der Waals surface area contributed by atoms with Gasteiger partial charge < -0.3 is 10.1 Å². The maximum Gasteiger partial charge on any atom is 0.282 e. The molecule has 1 aliphatic heterocycles. The SMILES string of the molecule is COc1ccc(Cl)cc1NC1=C(c2cccs2)C(=O)N(c2cc(F)ccc2F)C1=O. The zero-order valence-corrected chi connectivity index (χ0v) is 17.0. The maximum atomic E-state index is 14.4. The predicted octanol–water partition coefficient (Wildman–Crippen LogP) is 5.08. The molecule has 0 radical (unpaired) electrons. The molecule has 9 heteroatoms. The summed E-state index contributed by atoms with van der Waals surface area (Å²) < 4.78 is 33.4. The fraction of sp³-hybridized carbons (Fsp3) is 0.0476. The van der Waals surface area contributed by atoms with Crippen LogP contribution in [0.1, 0.15) is 4.88 Å². The van der Waals surface area contributed by atoms with Crippen LogP contribution in [0.5, 0.6) is 5.75 Å². The Balaban J connectivity index is 1.85. The van der Waals surface area contributed by atoms with Gasteiger partial charge in [-0.15, -0.1) is 11.3 Å². The largest absolute Gasteiger partial charge is 0.495 e. The van der Waals surface area contributed by atoms with Crippen LogP contribution in [0.4, 0.5) is 20.2 Å². The molecule has 0 spiro atoms. The summed E-state index contributed by atoms with van der Waals surface area (Å²) in [5, 5.41) is 5.02. The highest BCUT2D eigenvalue weighted by molar-refractivity contribution is 7.11. The number of ether oxygens (including phenoxy) is 1. The van der Waals surface area contributed by atoms with Crippen molar-refractivity contribution in [2.45, 2.75) is 0 Å². The Morgan fingerprint density at radius 1 is 1.07 bits per heavy atom. The molecule has 1 aliphatic rings. The van der Waals surface area contributed by atoms with Crippen molar-refractivity contribution in [3.63, 3.8) is 0 Å². The van der Waals surface area contributed by atoms with Gasteiger partial charge >= 0.3 is 0 Å². The second-order valence-electron chi connectivity index (χ2n) is 6.24. The molecule has 5 nitrogen and oxygen atoms in total. The average Bonchev–Trinajstić information content (AvgIpc) is 3.31. The zero-order valence-electron chi connectivity index (χ0n) is 15.4. The third-order valence-electron chi connectivity index (χ3n) is 4.42. The van der Waals surface area contributed by atoms with Crippen molar-refractivity contribution >= 4 is 51.7 Å². The Bertz CT molecular complexity index is 1190. The molecule has 2 amide bonds. The molecule has 1 aromatic heterocycles. The van der Waals surface area contributed by atoms with Crippen LogP contribution in [-0.2, 0) is 9.59 Å². The lowest BCUT2D eigenvalue weighted by Crippen LogP contribution is -2.33. The van der Waals surface area contributed by atoms with E-state index in [4.69, 9.17) is 16.3 Å². The number of imide groups is 1. The summed E-state index contributed by atoms with van der Waals surface area (Å²) >= 11 is 7.30. The van der Waals surface area contributed by atoms with E-state index in [0.29, 0.717) is 26.2 Å². The Hall–Kier alpha value is -3.23. The Kier molecular flexibility index (Phi) is 5.27. The second-order valence-corrected chi connectivity index (χ2v) is 7.62. The summed E-state index contributed by atoms with van der Waals surface area (Å²) in [4.78, 5) is 27.5. The van der Waals surface area contributed by atoms with E-state index in [2.05, 4.69) is 5.32 Å². The van der Waals surface area contributed by atoms with E-state index >= 15 is 0 Å². The molecule has 2 aromatic carbocycles. The lowest BCUT2D eigenvalue weighted by Gasteiger charge is -2.16. The van der Waals surface area contributed by atoms with Crippen molar-refractivity contribution in [1.82, 2.24) is 0 Å². The van der Waals surface area contributed by atoms with Gasteiger partial charge in [-0.3, -0.25) is 9.59 Å². The van der Waals surface area contributed by atoms with Crippen LogP contribution in [-0.4, -0.2) is 18.9 Å². The zero-order chi connectivity index (χ0) is 21.4. The lowest BCUT2D eigenvalue weighted by molar-refractivity contribution is -0.120. The van der Waals surface area contributed by atoms with Crippen molar-refractivity contribution in [2.75, 3.05) is 17.3 Å². The van der Waals surface area contributed by atoms with Crippen LogP contribution in [0.25, 0.3) is 5.57 Å². The molecule has 3 aromatic rings. The first-order valence-corrected chi connectivity index (χ1v) is 9.89. The summed E-state index contributed by atoms with van der Waals surface area (Å²) in [6.07, 6.45) is 0. The predicted molar refractivity (Wildman–Crippen MR) is 112 cm³/mol. The summed E-state index contributed by atoms with van der Waals surface area (Å²) in [5.74, 6) is -2.88. The van der Waals surface area contributed by atoms with E-state index in [-0.39, 0.29) is 11.3 Å². The van der Waals surface area contributed by atoms with Gasteiger partial charge in [0.05, 0.1) is 24.1 Å². The molecule has 0 saturated carbocycles. The number of carbonyl (C=O) groups excluding carboxylic acids is 2. The number of halogens is 3. The van der Waals surface area contributed by atoms with Crippen LogP contribution in [0.15, 0.2) is 59.6 Å². The van der Waals surface area contributed by atoms with Crippen molar-refractivity contribution in [3.8, 4) is 5.75 Å². The van der Waals surface area contributed by atoms with Gasteiger partial charge in [-0.2, -0.15) is 0 Å². The summed E-state index contributed by atoms with van der Waals surface area (Å²) in [5.41, 5.74) is -0.168. The summed E-state index contributed by atoms with van der Waals surface area (Å²) in [6, 6.07) is 10.7. The fourth-order valence-electron chi connectivity index (χ4n) is 3.08. The minimum absolute atomic E-state index is 0.0423. The maximum absolute atomic E-state index is 14.4. The number of amides is 2. The quantitative estimate of drug-likeness (QED) is 0.555. The van der Waals surface area contributed by atoms with Gasteiger partial charge in [-0.25, -0.2) is 13.7 Å². The van der Waals surface area contributed by atoms with Gasteiger partial charge in [0, 0.05) is 16.0 Å². The normalized spacial score (nSPS) is 13.9. The second kappa shape index (κ2) is 7.89. The number of nitrogens with zero attached hydrogens (tertiary/aromatic N) is 1. The van der Waals surface area contributed by atoms with Gasteiger partial charge in [0.1, 0.15) is 23.1 Å². The van der Waals surface area contributed by atoms with Gasteiger partial charge in [-0.05, 0) is 41.8 Å². The smallest absolute Gasteiger partial charge is 0.282 e. The number of anilines is 2. The van der Waals surface area contributed by atoms with Gasteiger partial charge in [0.15, 0.2) is 0 Å². The van der Waals surface area contributed by atoms with Crippen LogP contribution in [0.2, 0.25) is 5.02 Å². The number of rotatable bonds is 5. The molecule has 0 bridgehead atoms. The Morgan fingerprint density at radius 2 is 1.87 bits per heavy atom. The Labute approximate surface area is 179 Å². The van der Waals surface area contributed by atoms with Crippen LogP contribution in [0.3, 0.4) is 0 Å². The number of nitrogens with one attached hydrogen (secondary N) is 1. The highest BCUT2D eigenvalue weighted by atomic mass is 35.5. The number of thiophene rings is 1.